The molecule has 0 atom stereocenters. The van der Waals surface area contributed by atoms with Crippen LogP contribution < -0.4 is 4.74 Å². The number of halogens is 2. The lowest BCUT2D eigenvalue weighted by Crippen LogP contribution is -1.86. The molecule has 0 N–H and O–H groups in total. The third-order valence-corrected chi connectivity index (χ3v) is 2.59. The van der Waals surface area contributed by atoms with Gasteiger partial charge in [0.2, 0.25) is 5.75 Å². The topological polar surface area (TPSA) is 29.1 Å². The summed E-state index contributed by atoms with van der Waals surface area (Å²) in [7, 11) is 0. The molecule has 0 unspecified atom stereocenters. The minimum atomic E-state index is -0.271. The molecule has 1 radical (unpaired) electrons. The zero-order valence-electron chi connectivity index (χ0n) is 8.11. The lowest BCUT2D eigenvalue weighted by molar-refractivity contribution is 0.329. The van der Waals surface area contributed by atoms with Crippen LogP contribution in [0.25, 0.3) is 0 Å². The van der Waals surface area contributed by atoms with Gasteiger partial charge in [0.25, 0.3) is 0 Å². The van der Waals surface area contributed by atoms with Gasteiger partial charge in [0, 0.05) is 0 Å². The van der Waals surface area contributed by atoms with Gasteiger partial charge in [0.15, 0.2) is 5.75 Å². The molecule has 2 rings (SSSR count). The zero-order valence-corrected chi connectivity index (χ0v) is 9.63. The smallest absolute Gasteiger partial charge is 0.222 e. The van der Waals surface area contributed by atoms with Gasteiger partial charge in [-0.25, -0.2) is 0 Å². The highest BCUT2D eigenvalue weighted by molar-refractivity contribution is 6.33. The van der Waals surface area contributed by atoms with Gasteiger partial charge in [-0.3, -0.25) is 5.11 Å². The van der Waals surface area contributed by atoms with Crippen LogP contribution in [0.2, 0.25) is 10.0 Å². The Kier molecular flexibility index (Phi) is 3.22. The Morgan fingerprint density at radius 2 is 1.56 bits per heavy atom. The van der Waals surface area contributed by atoms with E-state index in [0.29, 0.717) is 10.8 Å². The first-order chi connectivity index (χ1) is 7.68. The van der Waals surface area contributed by atoms with Crippen LogP contribution in [0.1, 0.15) is 0 Å². The largest absolute Gasteiger partial charge is 0.450 e. The molecule has 0 saturated heterocycles. The highest BCUT2D eigenvalue weighted by Crippen LogP contribution is 2.39. The second kappa shape index (κ2) is 4.64. The monoisotopic (exact) mass is 253 g/mol. The quantitative estimate of drug-likeness (QED) is 0.746. The molecule has 0 aliphatic carbocycles. The molecule has 2 nitrogen and oxygen atoms in total. The van der Waals surface area contributed by atoms with E-state index < -0.39 is 0 Å². The molecule has 0 bridgehead atoms. The third-order valence-electron chi connectivity index (χ3n) is 1.98. The molecule has 0 heterocycles. The lowest BCUT2D eigenvalue weighted by atomic mass is 10.3. The van der Waals surface area contributed by atoms with E-state index in [1.165, 1.54) is 6.07 Å². The predicted molar refractivity (Wildman–Crippen MR) is 63.1 cm³/mol. The predicted octanol–water partition coefficient (Wildman–Crippen LogP) is 4.93. The van der Waals surface area contributed by atoms with Crippen molar-refractivity contribution < 1.29 is 9.84 Å². The summed E-state index contributed by atoms with van der Waals surface area (Å²) in [5.41, 5.74) is 0. The summed E-state index contributed by atoms with van der Waals surface area (Å²) in [5.74, 6) is 0.235. The first kappa shape index (κ1) is 11.1. The van der Waals surface area contributed by atoms with Crippen LogP contribution in [-0.2, 0) is 5.11 Å². The number of ether oxygens (including phenoxy) is 1. The first-order valence-electron chi connectivity index (χ1n) is 4.56. The molecule has 2 aromatic carbocycles. The Labute approximate surface area is 103 Å². The molecular weight excluding hydrogens is 247 g/mol. The van der Waals surface area contributed by atoms with Crippen LogP contribution in [0.15, 0.2) is 42.5 Å². The maximum absolute atomic E-state index is 11.5. The summed E-state index contributed by atoms with van der Waals surface area (Å²) < 4.78 is 5.39. The van der Waals surface area contributed by atoms with Gasteiger partial charge in [-0.05, 0) is 24.3 Å². The summed E-state index contributed by atoms with van der Waals surface area (Å²) in [5, 5.41) is 12.2. The molecule has 4 heteroatoms. The van der Waals surface area contributed by atoms with Crippen molar-refractivity contribution in [3.8, 4) is 17.2 Å². The molecule has 2 aromatic rings. The Hall–Kier alpha value is -1.38. The lowest BCUT2D eigenvalue weighted by Gasteiger charge is -2.08. The van der Waals surface area contributed by atoms with Crippen molar-refractivity contribution in [1.29, 1.82) is 0 Å². The molecular formula is C12H7Cl2O2. The van der Waals surface area contributed by atoms with E-state index in [2.05, 4.69) is 0 Å². The maximum atomic E-state index is 11.5. The van der Waals surface area contributed by atoms with Crippen molar-refractivity contribution in [3.63, 3.8) is 0 Å². The van der Waals surface area contributed by atoms with Crippen molar-refractivity contribution >= 4 is 23.2 Å². The van der Waals surface area contributed by atoms with Gasteiger partial charge < -0.3 is 4.74 Å². The summed E-state index contributed by atoms with van der Waals surface area (Å²) in [6.07, 6.45) is 0. The molecule has 16 heavy (non-hydrogen) atoms. The van der Waals surface area contributed by atoms with Gasteiger partial charge in [-0.2, -0.15) is 0 Å². The Morgan fingerprint density at radius 3 is 2.25 bits per heavy atom. The van der Waals surface area contributed by atoms with Crippen molar-refractivity contribution in [2.24, 2.45) is 0 Å². The van der Waals surface area contributed by atoms with E-state index in [0.717, 1.165) is 0 Å². The van der Waals surface area contributed by atoms with E-state index in [-0.39, 0.29) is 16.5 Å². The number of hydrogen-bond acceptors (Lipinski definition) is 1. The minimum absolute atomic E-state index is 0.0947. The zero-order chi connectivity index (χ0) is 11.5. The van der Waals surface area contributed by atoms with Crippen molar-refractivity contribution in [1.82, 2.24) is 0 Å². The number of benzene rings is 2. The Morgan fingerprint density at radius 1 is 0.875 bits per heavy atom. The van der Waals surface area contributed by atoms with Gasteiger partial charge in [-0.15, -0.1) is 0 Å². The molecule has 0 amide bonds. The van der Waals surface area contributed by atoms with E-state index in [9.17, 15) is 5.11 Å². The normalized spacial score (nSPS) is 10.1. The molecule has 0 aliphatic heterocycles. The maximum Gasteiger partial charge on any atom is 0.222 e. The molecule has 0 aromatic heterocycles. The summed E-state index contributed by atoms with van der Waals surface area (Å²) in [6, 6.07) is 11.4. The van der Waals surface area contributed by atoms with Crippen molar-refractivity contribution in [2.45, 2.75) is 0 Å². The average molecular weight is 254 g/mol. The van der Waals surface area contributed by atoms with E-state index in [1.54, 1.807) is 36.4 Å². The SMILES string of the molecule is [O]c1cccc(Cl)c1Oc1ccccc1Cl. The summed E-state index contributed by atoms with van der Waals surface area (Å²) in [6.45, 7) is 0. The van der Waals surface area contributed by atoms with E-state index in [1.807, 2.05) is 0 Å². The fraction of sp³-hybridized carbons (Fsp3) is 0. The standard InChI is InChI=1S/C12H7Cl2O2/c13-8-4-1-2-7-11(8)16-12-9(14)5-3-6-10(12)15/h1-7H. The number of para-hydroxylation sites is 2. The Bertz CT molecular complexity index is 492. The van der Waals surface area contributed by atoms with Crippen LogP contribution in [0.5, 0.6) is 17.2 Å². The average Bonchev–Trinajstić information content (AvgIpc) is 2.26. The summed E-state index contributed by atoms with van der Waals surface area (Å²) >= 11 is 11.8. The molecule has 0 fully saturated rings. The van der Waals surface area contributed by atoms with Gasteiger partial charge >= 0.3 is 0 Å². The first-order valence-corrected chi connectivity index (χ1v) is 5.32. The van der Waals surface area contributed by atoms with Crippen LogP contribution in [0, 0.1) is 0 Å². The van der Waals surface area contributed by atoms with E-state index in [4.69, 9.17) is 27.9 Å². The van der Waals surface area contributed by atoms with Crippen molar-refractivity contribution in [3.05, 3.63) is 52.5 Å². The molecule has 0 aliphatic rings. The number of hydrogen-bond donors (Lipinski definition) is 0. The van der Waals surface area contributed by atoms with Gasteiger partial charge in [0.1, 0.15) is 5.75 Å². The van der Waals surface area contributed by atoms with Crippen molar-refractivity contribution in [2.75, 3.05) is 0 Å². The second-order valence-corrected chi connectivity index (χ2v) is 3.91. The minimum Gasteiger partial charge on any atom is -0.450 e. The highest BCUT2D eigenvalue weighted by Gasteiger charge is 2.11. The van der Waals surface area contributed by atoms with Gasteiger partial charge in [-0.1, -0.05) is 41.4 Å². The molecule has 0 spiro atoms. The molecule has 81 valence electrons. The van der Waals surface area contributed by atoms with Crippen LogP contribution >= 0.6 is 23.2 Å². The van der Waals surface area contributed by atoms with E-state index >= 15 is 0 Å². The highest BCUT2D eigenvalue weighted by atomic mass is 35.5. The fourth-order valence-corrected chi connectivity index (χ4v) is 1.60. The van der Waals surface area contributed by atoms with Crippen LogP contribution in [-0.4, -0.2) is 0 Å². The fourth-order valence-electron chi connectivity index (χ4n) is 1.23. The Balaban J connectivity index is 2.38. The van der Waals surface area contributed by atoms with Crippen LogP contribution in [0.4, 0.5) is 0 Å². The number of rotatable bonds is 2. The van der Waals surface area contributed by atoms with Gasteiger partial charge in [0.05, 0.1) is 10.0 Å². The molecule has 0 saturated carbocycles. The summed E-state index contributed by atoms with van der Waals surface area (Å²) in [4.78, 5) is 0. The van der Waals surface area contributed by atoms with Crippen LogP contribution in [0.3, 0.4) is 0 Å². The second-order valence-electron chi connectivity index (χ2n) is 3.10. The third kappa shape index (κ3) is 2.23.